The first-order chi connectivity index (χ1) is 11.7. The van der Waals surface area contributed by atoms with Crippen LogP contribution in [0.4, 0.5) is 5.69 Å². The van der Waals surface area contributed by atoms with E-state index in [9.17, 15) is 4.79 Å². The molecule has 1 aromatic rings. The Labute approximate surface area is 142 Å². The van der Waals surface area contributed by atoms with Crippen LogP contribution in [-0.4, -0.2) is 42.9 Å². The quantitative estimate of drug-likeness (QED) is 0.741. The largest absolute Gasteiger partial charge is 0.486 e. The van der Waals surface area contributed by atoms with Gasteiger partial charge in [0.05, 0.1) is 6.04 Å². The Kier molecular flexibility index (Phi) is 5.58. The van der Waals surface area contributed by atoms with E-state index in [-0.39, 0.29) is 18.6 Å². The second-order valence-electron chi connectivity index (χ2n) is 6.55. The molecular formula is C18H26N2O4. The van der Waals surface area contributed by atoms with Crippen molar-refractivity contribution in [3.63, 3.8) is 0 Å². The number of nitrogens with one attached hydrogen (secondary N) is 2. The van der Waals surface area contributed by atoms with Crippen LogP contribution in [-0.2, 0) is 4.79 Å². The van der Waals surface area contributed by atoms with Crippen molar-refractivity contribution in [2.75, 3.05) is 25.1 Å². The minimum Gasteiger partial charge on any atom is -0.486 e. The Morgan fingerprint density at radius 1 is 1.29 bits per heavy atom. The van der Waals surface area contributed by atoms with Gasteiger partial charge in [0.2, 0.25) is 5.91 Å². The van der Waals surface area contributed by atoms with Gasteiger partial charge >= 0.3 is 0 Å². The third-order valence-electron chi connectivity index (χ3n) is 4.83. The van der Waals surface area contributed by atoms with Crippen LogP contribution < -0.4 is 20.1 Å². The number of aliphatic hydroxyl groups is 1. The van der Waals surface area contributed by atoms with Crippen molar-refractivity contribution in [3.8, 4) is 11.5 Å². The van der Waals surface area contributed by atoms with Gasteiger partial charge in [0, 0.05) is 24.4 Å². The average Bonchev–Trinajstić information content (AvgIpc) is 3.02. The van der Waals surface area contributed by atoms with E-state index in [0.29, 0.717) is 42.4 Å². The Morgan fingerprint density at radius 3 is 2.88 bits per heavy atom. The lowest BCUT2D eigenvalue weighted by molar-refractivity contribution is -0.118. The van der Waals surface area contributed by atoms with E-state index in [1.165, 1.54) is 0 Å². The number of fused-ring (bicyclic) bond motifs is 1. The first kappa shape index (κ1) is 17.0. The maximum absolute atomic E-state index is 12.4. The normalized spacial score (nSPS) is 23.8. The highest BCUT2D eigenvalue weighted by Gasteiger charge is 2.29. The van der Waals surface area contributed by atoms with Crippen LogP contribution in [0, 0.1) is 5.92 Å². The second kappa shape index (κ2) is 7.85. The summed E-state index contributed by atoms with van der Waals surface area (Å²) in [5, 5.41) is 15.5. The molecular weight excluding hydrogens is 308 g/mol. The lowest BCUT2D eigenvalue weighted by Gasteiger charge is -2.24. The van der Waals surface area contributed by atoms with Crippen LogP contribution >= 0.6 is 0 Å². The molecule has 1 fully saturated rings. The maximum atomic E-state index is 12.4. The minimum atomic E-state index is -0.289. The second-order valence-corrected chi connectivity index (χ2v) is 6.55. The lowest BCUT2D eigenvalue weighted by Crippen LogP contribution is -2.45. The highest BCUT2D eigenvalue weighted by Crippen LogP contribution is 2.32. The average molecular weight is 334 g/mol. The third kappa shape index (κ3) is 3.99. The molecule has 1 aliphatic carbocycles. The summed E-state index contributed by atoms with van der Waals surface area (Å²) in [5.41, 5.74) is 0.705. The van der Waals surface area contributed by atoms with E-state index in [0.717, 1.165) is 25.7 Å². The number of carbonyl (C=O) groups excluding carboxylic acids is 1. The van der Waals surface area contributed by atoms with Crippen molar-refractivity contribution in [3.05, 3.63) is 18.2 Å². The molecule has 3 rings (SSSR count). The molecule has 1 aliphatic heterocycles. The van der Waals surface area contributed by atoms with Crippen molar-refractivity contribution >= 4 is 11.6 Å². The third-order valence-corrected chi connectivity index (χ3v) is 4.83. The van der Waals surface area contributed by atoms with Crippen LogP contribution in [0.2, 0.25) is 0 Å². The zero-order valence-electron chi connectivity index (χ0n) is 14.1. The molecule has 0 radical (unpaired) electrons. The number of hydrogen-bond donors (Lipinski definition) is 3. The number of amides is 1. The maximum Gasteiger partial charge on any atom is 0.241 e. The van der Waals surface area contributed by atoms with Crippen molar-refractivity contribution in [2.24, 2.45) is 5.92 Å². The van der Waals surface area contributed by atoms with Gasteiger partial charge in [-0.15, -0.1) is 0 Å². The summed E-state index contributed by atoms with van der Waals surface area (Å²) >= 11 is 0. The zero-order chi connectivity index (χ0) is 16.9. The number of rotatable bonds is 6. The molecule has 0 bridgehead atoms. The molecule has 6 nitrogen and oxygen atoms in total. The SMILES string of the molecule is C[C@H](N[C@H]1CCC[C@@H]1CCO)C(=O)Nc1ccc2c(c1)OCCO2. The molecule has 6 heteroatoms. The lowest BCUT2D eigenvalue weighted by atomic mass is 9.99. The van der Waals surface area contributed by atoms with E-state index >= 15 is 0 Å². The summed E-state index contributed by atoms with van der Waals surface area (Å²) in [6, 6.07) is 5.45. The van der Waals surface area contributed by atoms with Gasteiger partial charge in [-0.1, -0.05) is 6.42 Å². The molecule has 2 aliphatic rings. The molecule has 1 heterocycles. The number of anilines is 1. The first-order valence-electron chi connectivity index (χ1n) is 8.75. The van der Waals surface area contributed by atoms with Crippen LogP contribution in [0.15, 0.2) is 18.2 Å². The standard InChI is InChI=1S/C18H26N2O4/c1-12(19-15-4-2-3-13(15)7-8-21)18(22)20-14-5-6-16-17(11-14)24-10-9-23-16/h5-6,11-13,15,19,21H,2-4,7-10H2,1H3,(H,20,22)/t12-,13+,15-/m0/s1. The Balaban J connectivity index is 1.56. The first-order valence-corrected chi connectivity index (χ1v) is 8.75. The van der Waals surface area contributed by atoms with Crippen molar-refractivity contribution in [1.82, 2.24) is 5.32 Å². The highest BCUT2D eigenvalue weighted by molar-refractivity contribution is 5.94. The van der Waals surface area contributed by atoms with Gasteiger partial charge < -0.3 is 25.2 Å². The molecule has 1 saturated carbocycles. The predicted octanol–water partition coefficient (Wildman–Crippen LogP) is 1.93. The van der Waals surface area contributed by atoms with Crippen LogP contribution in [0.25, 0.3) is 0 Å². The van der Waals surface area contributed by atoms with Crippen LogP contribution in [0.5, 0.6) is 11.5 Å². The van der Waals surface area contributed by atoms with Crippen molar-refractivity contribution in [1.29, 1.82) is 0 Å². The molecule has 0 spiro atoms. The van der Waals surface area contributed by atoms with Crippen molar-refractivity contribution in [2.45, 2.75) is 44.7 Å². The monoisotopic (exact) mass is 334 g/mol. The van der Waals surface area contributed by atoms with Gasteiger partial charge in [0.25, 0.3) is 0 Å². The number of benzene rings is 1. The number of carbonyl (C=O) groups is 1. The summed E-state index contributed by atoms with van der Waals surface area (Å²) in [5.74, 6) is 1.77. The fraction of sp³-hybridized carbons (Fsp3) is 0.611. The van der Waals surface area contributed by atoms with Gasteiger partial charge in [0.15, 0.2) is 11.5 Å². The summed E-state index contributed by atoms with van der Waals surface area (Å²) < 4.78 is 11.0. The van der Waals surface area contributed by atoms with E-state index in [1.807, 2.05) is 19.1 Å². The fourth-order valence-electron chi connectivity index (χ4n) is 3.54. The molecule has 3 N–H and O–H groups in total. The van der Waals surface area contributed by atoms with Crippen LogP contribution in [0.3, 0.4) is 0 Å². The highest BCUT2D eigenvalue weighted by atomic mass is 16.6. The van der Waals surface area contributed by atoms with Gasteiger partial charge in [-0.3, -0.25) is 4.79 Å². The summed E-state index contributed by atoms with van der Waals surface area (Å²) in [7, 11) is 0. The topological polar surface area (TPSA) is 79.8 Å². The molecule has 0 unspecified atom stereocenters. The molecule has 1 aromatic carbocycles. The van der Waals surface area contributed by atoms with E-state index in [4.69, 9.17) is 14.6 Å². The van der Waals surface area contributed by atoms with E-state index in [1.54, 1.807) is 6.07 Å². The molecule has 3 atom stereocenters. The van der Waals surface area contributed by atoms with E-state index in [2.05, 4.69) is 10.6 Å². The number of ether oxygens (including phenoxy) is 2. The summed E-state index contributed by atoms with van der Waals surface area (Å²) in [4.78, 5) is 12.4. The van der Waals surface area contributed by atoms with Gasteiger partial charge in [0.1, 0.15) is 13.2 Å². The molecule has 24 heavy (non-hydrogen) atoms. The van der Waals surface area contributed by atoms with Gasteiger partial charge in [-0.2, -0.15) is 0 Å². The molecule has 0 saturated heterocycles. The Morgan fingerprint density at radius 2 is 2.08 bits per heavy atom. The molecule has 1 amide bonds. The predicted molar refractivity (Wildman–Crippen MR) is 91.5 cm³/mol. The molecule has 0 aromatic heterocycles. The fourth-order valence-corrected chi connectivity index (χ4v) is 3.54. The Bertz CT molecular complexity index is 578. The van der Waals surface area contributed by atoms with Crippen molar-refractivity contribution < 1.29 is 19.4 Å². The Hall–Kier alpha value is -1.79. The smallest absolute Gasteiger partial charge is 0.241 e. The van der Waals surface area contributed by atoms with Crippen LogP contribution in [0.1, 0.15) is 32.6 Å². The zero-order valence-corrected chi connectivity index (χ0v) is 14.1. The summed E-state index contributed by atoms with van der Waals surface area (Å²) in [6.07, 6.45) is 4.13. The number of hydrogen-bond acceptors (Lipinski definition) is 5. The number of aliphatic hydroxyl groups excluding tert-OH is 1. The minimum absolute atomic E-state index is 0.0682. The molecule has 132 valence electrons. The van der Waals surface area contributed by atoms with Gasteiger partial charge in [-0.05, 0) is 44.2 Å². The van der Waals surface area contributed by atoms with E-state index < -0.39 is 0 Å². The summed E-state index contributed by atoms with van der Waals surface area (Å²) in [6.45, 7) is 3.16. The van der Waals surface area contributed by atoms with Gasteiger partial charge in [-0.25, -0.2) is 0 Å².